The van der Waals surface area contributed by atoms with Crippen LogP contribution in [0.2, 0.25) is 0 Å². The number of halogens is 2. The second-order valence-corrected chi connectivity index (χ2v) is 9.94. The molecule has 1 aliphatic heterocycles. The molecule has 3 aromatic rings. The van der Waals surface area contributed by atoms with E-state index in [0.717, 1.165) is 11.1 Å². The standard InChI is InChI=1S/C23H26F2N4O2S/c1-16-23(17(2)27(3)26-16)32(30,31)29-14-12-28(13-15-29)22(18-4-8-20(24)9-5-18)19-6-10-21(25)11-7-19/h4-11,22H,12-15H2,1-3H3. The smallest absolute Gasteiger partial charge is 0.246 e. The van der Waals surface area contributed by atoms with Crippen molar-refractivity contribution in [3.8, 4) is 0 Å². The van der Waals surface area contributed by atoms with E-state index in [1.807, 2.05) is 0 Å². The molecule has 0 aliphatic carbocycles. The maximum absolute atomic E-state index is 13.5. The number of sulfonamides is 1. The van der Waals surface area contributed by atoms with Gasteiger partial charge in [0.05, 0.1) is 17.4 Å². The Labute approximate surface area is 187 Å². The minimum Gasteiger partial charge on any atom is -0.290 e. The third kappa shape index (κ3) is 4.20. The van der Waals surface area contributed by atoms with Crippen LogP contribution in [0.3, 0.4) is 0 Å². The molecule has 1 saturated heterocycles. The Balaban J connectivity index is 1.60. The summed E-state index contributed by atoms with van der Waals surface area (Å²) in [6.07, 6.45) is 0. The van der Waals surface area contributed by atoms with Crippen molar-refractivity contribution in [1.29, 1.82) is 0 Å². The van der Waals surface area contributed by atoms with Crippen molar-refractivity contribution in [3.63, 3.8) is 0 Å². The molecule has 4 rings (SSSR count). The van der Waals surface area contributed by atoms with Crippen molar-refractivity contribution in [2.45, 2.75) is 24.8 Å². The van der Waals surface area contributed by atoms with E-state index in [-0.39, 0.29) is 22.6 Å². The van der Waals surface area contributed by atoms with Gasteiger partial charge in [0.2, 0.25) is 10.0 Å². The van der Waals surface area contributed by atoms with Crippen LogP contribution in [0.1, 0.15) is 28.6 Å². The molecule has 2 aromatic carbocycles. The summed E-state index contributed by atoms with van der Waals surface area (Å²) in [4.78, 5) is 2.41. The van der Waals surface area contributed by atoms with Crippen molar-refractivity contribution in [2.75, 3.05) is 26.2 Å². The minimum atomic E-state index is -3.67. The molecule has 170 valence electrons. The third-order valence-corrected chi connectivity index (χ3v) is 8.20. The van der Waals surface area contributed by atoms with Gasteiger partial charge in [-0.1, -0.05) is 24.3 Å². The van der Waals surface area contributed by atoms with Crippen molar-refractivity contribution >= 4 is 10.0 Å². The Kier molecular flexibility index (Phi) is 6.15. The van der Waals surface area contributed by atoms with Crippen molar-refractivity contribution in [1.82, 2.24) is 19.0 Å². The molecule has 0 N–H and O–H groups in total. The molecule has 32 heavy (non-hydrogen) atoms. The lowest BCUT2D eigenvalue weighted by Gasteiger charge is -2.39. The highest BCUT2D eigenvalue weighted by Crippen LogP contribution is 2.31. The molecular formula is C23H26F2N4O2S. The zero-order valence-electron chi connectivity index (χ0n) is 18.3. The molecule has 0 amide bonds. The number of hydrogen-bond acceptors (Lipinski definition) is 4. The lowest BCUT2D eigenvalue weighted by Crippen LogP contribution is -2.49. The fraction of sp³-hybridized carbons (Fsp3) is 0.348. The predicted molar refractivity (Wildman–Crippen MR) is 118 cm³/mol. The van der Waals surface area contributed by atoms with Gasteiger partial charge in [-0.05, 0) is 49.2 Å². The zero-order chi connectivity index (χ0) is 23.0. The summed E-state index contributed by atoms with van der Waals surface area (Å²) < 4.78 is 56.7. The summed E-state index contributed by atoms with van der Waals surface area (Å²) in [5, 5.41) is 4.25. The first-order valence-corrected chi connectivity index (χ1v) is 11.9. The fourth-order valence-corrected chi connectivity index (χ4v) is 6.18. The molecule has 0 saturated carbocycles. The van der Waals surface area contributed by atoms with Crippen LogP contribution in [0.5, 0.6) is 0 Å². The maximum Gasteiger partial charge on any atom is 0.246 e. The van der Waals surface area contributed by atoms with Gasteiger partial charge in [0.15, 0.2) is 0 Å². The highest BCUT2D eigenvalue weighted by molar-refractivity contribution is 7.89. The normalized spacial score (nSPS) is 16.1. The number of aromatic nitrogens is 2. The molecule has 2 heterocycles. The molecular weight excluding hydrogens is 434 g/mol. The molecule has 0 bridgehead atoms. The van der Waals surface area contributed by atoms with Crippen LogP contribution in [0.4, 0.5) is 8.78 Å². The molecule has 0 spiro atoms. The number of rotatable bonds is 5. The van der Waals surface area contributed by atoms with E-state index in [1.54, 1.807) is 49.8 Å². The van der Waals surface area contributed by atoms with E-state index in [1.165, 1.54) is 28.6 Å². The number of nitrogens with zero attached hydrogens (tertiary/aromatic N) is 4. The molecule has 1 aromatic heterocycles. The highest BCUT2D eigenvalue weighted by atomic mass is 32.2. The van der Waals surface area contributed by atoms with E-state index in [9.17, 15) is 17.2 Å². The SMILES string of the molecule is Cc1nn(C)c(C)c1S(=O)(=O)N1CCN(C(c2ccc(F)cc2)c2ccc(F)cc2)CC1. The van der Waals surface area contributed by atoms with E-state index < -0.39 is 10.0 Å². The molecule has 0 radical (unpaired) electrons. The molecule has 0 unspecified atom stereocenters. The largest absolute Gasteiger partial charge is 0.290 e. The van der Waals surface area contributed by atoms with Crippen LogP contribution in [-0.2, 0) is 17.1 Å². The molecule has 6 nitrogen and oxygen atoms in total. The number of piperazine rings is 1. The summed E-state index contributed by atoms with van der Waals surface area (Å²) in [6, 6.07) is 12.2. The molecule has 9 heteroatoms. The first kappa shape index (κ1) is 22.6. The van der Waals surface area contributed by atoms with Gasteiger partial charge in [0.25, 0.3) is 0 Å². The first-order chi connectivity index (χ1) is 15.2. The second kappa shape index (κ2) is 8.73. The zero-order valence-corrected chi connectivity index (χ0v) is 19.1. The lowest BCUT2D eigenvalue weighted by atomic mass is 9.96. The van der Waals surface area contributed by atoms with E-state index in [0.29, 0.717) is 37.6 Å². The van der Waals surface area contributed by atoms with Gasteiger partial charge in [0, 0.05) is 33.2 Å². The van der Waals surface area contributed by atoms with Gasteiger partial charge in [-0.3, -0.25) is 9.58 Å². The van der Waals surface area contributed by atoms with Gasteiger partial charge in [0.1, 0.15) is 16.5 Å². The van der Waals surface area contributed by atoms with Crippen LogP contribution in [0.15, 0.2) is 53.4 Å². The van der Waals surface area contributed by atoms with Gasteiger partial charge in [-0.25, -0.2) is 17.2 Å². The number of aryl methyl sites for hydroxylation is 2. The van der Waals surface area contributed by atoms with Gasteiger partial charge >= 0.3 is 0 Å². The summed E-state index contributed by atoms with van der Waals surface area (Å²) in [6.45, 7) is 5.05. The third-order valence-electron chi connectivity index (χ3n) is 6.05. The van der Waals surface area contributed by atoms with Gasteiger partial charge in [-0.15, -0.1) is 0 Å². The summed E-state index contributed by atoms with van der Waals surface area (Å²) >= 11 is 0. The van der Waals surface area contributed by atoms with Crippen LogP contribution < -0.4 is 0 Å². The second-order valence-electron chi connectivity index (χ2n) is 8.07. The molecule has 1 fully saturated rings. The molecule has 1 aliphatic rings. The summed E-state index contributed by atoms with van der Waals surface area (Å²) in [5.74, 6) is -0.658. The summed E-state index contributed by atoms with van der Waals surface area (Å²) in [7, 11) is -1.94. The van der Waals surface area contributed by atoms with E-state index in [2.05, 4.69) is 10.00 Å². The van der Waals surface area contributed by atoms with Crippen molar-refractivity contribution in [3.05, 3.63) is 82.7 Å². The first-order valence-electron chi connectivity index (χ1n) is 10.4. The maximum atomic E-state index is 13.5. The van der Waals surface area contributed by atoms with Gasteiger partial charge < -0.3 is 0 Å². The topological polar surface area (TPSA) is 58.4 Å². The van der Waals surface area contributed by atoms with Crippen molar-refractivity contribution in [2.24, 2.45) is 7.05 Å². The Morgan fingerprint density at radius 1 is 0.844 bits per heavy atom. The van der Waals surface area contributed by atoms with E-state index >= 15 is 0 Å². The molecule has 0 atom stereocenters. The van der Waals surface area contributed by atoms with Crippen LogP contribution in [-0.4, -0.2) is 53.6 Å². The van der Waals surface area contributed by atoms with Crippen LogP contribution >= 0.6 is 0 Å². The monoisotopic (exact) mass is 460 g/mol. The Morgan fingerprint density at radius 3 is 1.72 bits per heavy atom. The lowest BCUT2D eigenvalue weighted by molar-refractivity contribution is 0.155. The van der Waals surface area contributed by atoms with E-state index in [4.69, 9.17) is 0 Å². The summed E-state index contributed by atoms with van der Waals surface area (Å²) in [5.41, 5.74) is 2.84. The number of hydrogen-bond donors (Lipinski definition) is 0. The van der Waals surface area contributed by atoms with Crippen LogP contribution in [0.25, 0.3) is 0 Å². The fourth-order valence-electron chi connectivity index (χ4n) is 4.36. The average Bonchev–Trinajstić information content (AvgIpc) is 3.03. The average molecular weight is 461 g/mol. The Bertz CT molecular complexity index is 1150. The quantitative estimate of drug-likeness (QED) is 0.586. The van der Waals surface area contributed by atoms with Crippen LogP contribution in [0, 0.1) is 25.5 Å². The highest BCUT2D eigenvalue weighted by Gasteiger charge is 2.35. The van der Waals surface area contributed by atoms with Crippen molar-refractivity contribution < 1.29 is 17.2 Å². The minimum absolute atomic E-state index is 0.233. The predicted octanol–water partition coefficient (Wildman–Crippen LogP) is 3.41. The van der Waals surface area contributed by atoms with Gasteiger partial charge in [-0.2, -0.15) is 9.40 Å². The number of benzene rings is 2. The Hall–Kier alpha value is -2.62. The Morgan fingerprint density at radius 2 is 1.31 bits per heavy atom.